The summed E-state index contributed by atoms with van der Waals surface area (Å²) in [6.07, 6.45) is 8.49. The van der Waals surface area contributed by atoms with Gasteiger partial charge in [0.05, 0.1) is 11.8 Å². The summed E-state index contributed by atoms with van der Waals surface area (Å²) in [7, 11) is 0. The minimum Gasteiger partial charge on any atom is -0.342 e. The first-order valence-corrected chi connectivity index (χ1v) is 7.56. The van der Waals surface area contributed by atoms with Crippen LogP contribution >= 0.6 is 0 Å². The van der Waals surface area contributed by atoms with E-state index in [1.807, 2.05) is 23.1 Å². The molecule has 3 aromatic rings. The fourth-order valence-electron chi connectivity index (χ4n) is 2.45. The summed E-state index contributed by atoms with van der Waals surface area (Å²) in [6.45, 7) is 2.86. The normalized spacial score (nSPS) is 11.0. The summed E-state index contributed by atoms with van der Waals surface area (Å²) in [6, 6.07) is 6.68. The van der Waals surface area contributed by atoms with Crippen LogP contribution in [0.25, 0.3) is 11.4 Å². The third-order valence-electron chi connectivity index (χ3n) is 3.57. The van der Waals surface area contributed by atoms with Gasteiger partial charge < -0.3 is 4.98 Å². The van der Waals surface area contributed by atoms with Crippen LogP contribution in [0.1, 0.15) is 24.6 Å². The maximum Gasteiger partial charge on any atom is 0.140 e. The van der Waals surface area contributed by atoms with Gasteiger partial charge in [-0.1, -0.05) is 25.5 Å². The number of halogens is 1. The monoisotopic (exact) mass is 298 g/mol. The van der Waals surface area contributed by atoms with Crippen LogP contribution in [0.5, 0.6) is 0 Å². The minimum absolute atomic E-state index is 0.197. The van der Waals surface area contributed by atoms with Crippen LogP contribution in [0.2, 0.25) is 0 Å². The number of nitrogens with zero attached hydrogens (tertiary/aromatic N) is 3. The highest BCUT2D eigenvalue weighted by Crippen LogP contribution is 2.15. The zero-order chi connectivity index (χ0) is 15.4. The van der Waals surface area contributed by atoms with Crippen LogP contribution in [-0.2, 0) is 19.4 Å². The Hall–Kier alpha value is -2.43. The lowest BCUT2D eigenvalue weighted by atomic mass is 10.1. The third kappa shape index (κ3) is 3.42. The van der Waals surface area contributed by atoms with Crippen molar-refractivity contribution in [2.45, 2.75) is 32.7 Å². The second kappa shape index (κ2) is 6.56. The predicted molar refractivity (Wildman–Crippen MR) is 83.9 cm³/mol. The number of benzene rings is 1. The maximum atomic E-state index is 13.1. The van der Waals surface area contributed by atoms with Gasteiger partial charge in [-0.3, -0.25) is 4.68 Å². The van der Waals surface area contributed by atoms with E-state index < -0.39 is 0 Å². The SMILES string of the molecule is CCCc1cnc(-c2cnn(CCc3cccc(F)c3)c2)[nH]1. The first kappa shape index (κ1) is 14.5. The Kier molecular flexibility index (Phi) is 4.32. The molecule has 0 bridgehead atoms. The van der Waals surface area contributed by atoms with Gasteiger partial charge in [0, 0.05) is 24.6 Å². The van der Waals surface area contributed by atoms with Crippen molar-refractivity contribution in [3.05, 3.63) is 59.9 Å². The zero-order valence-electron chi connectivity index (χ0n) is 12.6. The van der Waals surface area contributed by atoms with Crippen molar-refractivity contribution in [2.24, 2.45) is 0 Å². The molecule has 2 heterocycles. The summed E-state index contributed by atoms with van der Waals surface area (Å²) < 4.78 is 15.0. The zero-order valence-corrected chi connectivity index (χ0v) is 12.6. The van der Waals surface area contributed by atoms with E-state index in [2.05, 4.69) is 22.0 Å². The van der Waals surface area contributed by atoms with Crippen molar-refractivity contribution in [3.8, 4) is 11.4 Å². The largest absolute Gasteiger partial charge is 0.342 e. The van der Waals surface area contributed by atoms with Crippen molar-refractivity contribution in [1.29, 1.82) is 0 Å². The molecular formula is C17H19FN4. The predicted octanol–water partition coefficient (Wildman–Crippen LogP) is 3.61. The van der Waals surface area contributed by atoms with E-state index in [4.69, 9.17) is 0 Å². The molecule has 0 aliphatic heterocycles. The number of H-pyrrole nitrogens is 1. The molecule has 0 saturated carbocycles. The van der Waals surface area contributed by atoms with Gasteiger partial charge in [0.2, 0.25) is 0 Å². The third-order valence-corrected chi connectivity index (χ3v) is 3.57. The Morgan fingerprint density at radius 1 is 1.23 bits per heavy atom. The van der Waals surface area contributed by atoms with Crippen LogP contribution in [0.3, 0.4) is 0 Å². The summed E-state index contributed by atoms with van der Waals surface area (Å²) in [5.74, 6) is 0.651. The first-order chi connectivity index (χ1) is 10.7. The van der Waals surface area contributed by atoms with Gasteiger partial charge in [0.15, 0.2) is 0 Å². The Balaban J connectivity index is 1.65. The van der Waals surface area contributed by atoms with Crippen LogP contribution in [0.15, 0.2) is 42.9 Å². The molecule has 0 amide bonds. The van der Waals surface area contributed by atoms with Gasteiger partial charge >= 0.3 is 0 Å². The molecule has 0 radical (unpaired) electrons. The summed E-state index contributed by atoms with van der Waals surface area (Å²) >= 11 is 0. The highest BCUT2D eigenvalue weighted by molar-refractivity contribution is 5.52. The molecule has 3 rings (SSSR count). The van der Waals surface area contributed by atoms with E-state index in [-0.39, 0.29) is 5.82 Å². The maximum absolute atomic E-state index is 13.1. The highest BCUT2D eigenvalue weighted by atomic mass is 19.1. The molecule has 0 fully saturated rings. The van der Waals surface area contributed by atoms with E-state index in [0.29, 0.717) is 6.54 Å². The van der Waals surface area contributed by atoms with Crippen molar-refractivity contribution in [2.75, 3.05) is 0 Å². The van der Waals surface area contributed by atoms with Crippen LogP contribution < -0.4 is 0 Å². The molecule has 2 aromatic heterocycles. The van der Waals surface area contributed by atoms with Crippen LogP contribution in [0, 0.1) is 5.82 Å². The van der Waals surface area contributed by atoms with E-state index >= 15 is 0 Å². The lowest BCUT2D eigenvalue weighted by molar-refractivity contribution is 0.603. The smallest absolute Gasteiger partial charge is 0.140 e. The van der Waals surface area contributed by atoms with Crippen molar-refractivity contribution < 1.29 is 4.39 Å². The molecule has 22 heavy (non-hydrogen) atoms. The number of nitrogens with one attached hydrogen (secondary N) is 1. The molecule has 0 saturated heterocycles. The lowest BCUT2D eigenvalue weighted by Crippen LogP contribution is -2.01. The number of aromatic nitrogens is 4. The first-order valence-electron chi connectivity index (χ1n) is 7.56. The number of aryl methyl sites for hydroxylation is 3. The summed E-state index contributed by atoms with van der Waals surface area (Å²) in [5.41, 5.74) is 3.09. The summed E-state index contributed by atoms with van der Waals surface area (Å²) in [4.78, 5) is 7.70. The van der Waals surface area contributed by atoms with Crippen LogP contribution in [0.4, 0.5) is 4.39 Å². The average Bonchev–Trinajstić information content (AvgIpc) is 3.14. The molecule has 4 nitrogen and oxygen atoms in total. The Labute approximate surface area is 129 Å². The van der Waals surface area contributed by atoms with Crippen molar-refractivity contribution in [1.82, 2.24) is 19.7 Å². The number of hydrogen-bond acceptors (Lipinski definition) is 2. The van der Waals surface area contributed by atoms with E-state index in [1.165, 1.54) is 6.07 Å². The molecule has 114 valence electrons. The molecular weight excluding hydrogens is 279 g/mol. The second-order valence-electron chi connectivity index (χ2n) is 5.38. The quantitative estimate of drug-likeness (QED) is 0.755. The van der Waals surface area contributed by atoms with Gasteiger partial charge in [-0.15, -0.1) is 0 Å². The second-order valence-corrected chi connectivity index (χ2v) is 5.38. The molecule has 0 aliphatic rings. The van der Waals surface area contributed by atoms with E-state index in [0.717, 1.165) is 41.9 Å². The van der Waals surface area contributed by atoms with Gasteiger partial charge in [0.25, 0.3) is 0 Å². The van der Waals surface area contributed by atoms with E-state index in [1.54, 1.807) is 18.3 Å². The molecule has 0 spiro atoms. The number of aromatic amines is 1. The Bertz CT molecular complexity index is 744. The van der Waals surface area contributed by atoms with Gasteiger partial charge in [0.1, 0.15) is 11.6 Å². The number of imidazole rings is 1. The Morgan fingerprint density at radius 3 is 2.95 bits per heavy atom. The topological polar surface area (TPSA) is 46.5 Å². The fourth-order valence-corrected chi connectivity index (χ4v) is 2.45. The molecule has 0 aliphatic carbocycles. The molecule has 1 aromatic carbocycles. The number of rotatable bonds is 6. The van der Waals surface area contributed by atoms with Crippen molar-refractivity contribution >= 4 is 0 Å². The Morgan fingerprint density at radius 2 is 2.14 bits per heavy atom. The molecule has 1 N–H and O–H groups in total. The minimum atomic E-state index is -0.197. The lowest BCUT2D eigenvalue weighted by Gasteiger charge is -2.02. The molecule has 0 atom stereocenters. The number of hydrogen-bond donors (Lipinski definition) is 1. The summed E-state index contributed by atoms with van der Waals surface area (Å²) in [5, 5.41) is 4.35. The van der Waals surface area contributed by atoms with Crippen LogP contribution in [-0.4, -0.2) is 19.7 Å². The van der Waals surface area contributed by atoms with Gasteiger partial charge in [-0.2, -0.15) is 5.10 Å². The fraction of sp³-hybridized carbons (Fsp3) is 0.294. The molecule has 0 unspecified atom stereocenters. The standard InChI is InChI=1S/C17H19FN4/c1-2-4-16-11-19-17(21-16)14-10-20-22(12-14)8-7-13-5-3-6-15(18)9-13/h3,5-6,9-12H,2,4,7-8H2,1H3,(H,19,21). The van der Waals surface area contributed by atoms with Gasteiger partial charge in [-0.25, -0.2) is 9.37 Å². The van der Waals surface area contributed by atoms with Crippen molar-refractivity contribution in [3.63, 3.8) is 0 Å². The molecule has 5 heteroatoms. The van der Waals surface area contributed by atoms with Gasteiger partial charge in [-0.05, 0) is 30.5 Å². The average molecular weight is 298 g/mol. The van der Waals surface area contributed by atoms with E-state index in [9.17, 15) is 4.39 Å². The highest BCUT2D eigenvalue weighted by Gasteiger charge is 2.06.